The van der Waals surface area contributed by atoms with Crippen molar-refractivity contribution in [3.05, 3.63) is 22.8 Å². The summed E-state index contributed by atoms with van der Waals surface area (Å²) >= 11 is 0. The molecule has 0 fully saturated rings. The number of carbonyl (C=O) groups is 2. The van der Waals surface area contributed by atoms with E-state index in [2.05, 4.69) is 5.32 Å². The van der Waals surface area contributed by atoms with Crippen LogP contribution in [0.5, 0.6) is 5.75 Å². The quantitative estimate of drug-likeness (QED) is 0.860. The molecule has 0 saturated carbocycles. The molecule has 0 unspecified atom stereocenters. The first-order valence-electron chi connectivity index (χ1n) is 7.46. The van der Waals surface area contributed by atoms with Crippen molar-refractivity contribution >= 4 is 17.7 Å². The van der Waals surface area contributed by atoms with Crippen molar-refractivity contribution in [3.8, 4) is 5.75 Å². The number of benzene rings is 1. The number of carbonyl (C=O) groups excluding carboxylic acids is 1. The minimum Gasteiger partial charge on any atom is -0.493 e. The predicted molar refractivity (Wildman–Crippen MR) is 88.3 cm³/mol. The van der Waals surface area contributed by atoms with E-state index >= 15 is 0 Å². The Kier molecular flexibility index (Phi) is 6.01. The molecule has 6 heteroatoms. The van der Waals surface area contributed by atoms with Crippen LogP contribution in [0.3, 0.4) is 0 Å². The topological polar surface area (TPSA) is 84.9 Å². The summed E-state index contributed by atoms with van der Waals surface area (Å²) in [7, 11) is 0. The number of amides is 1. The standard InChI is InChI=1S/C17H25NO5/c1-10-9-13(22-8-7-14(19)20)11(2)12(3)15(10)18-16(21)23-17(4,5)6/h9H,7-8H2,1-6H3,(H,18,21)(H,19,20). The van der Waals surface area contributed by atoms with Crippen molar-refractivity contribution in [2.45, 2.75) is 53.6 Å². The molecule has 0 radical (unpaired) electrons. The Bertz CT molecular complexity index is 602. The van der Waals surface area contributed by atoms with Crippen LogP contribution < -0.4 is 10.1 Å². The largest absolute Gasteiger partial charge is 0.493 e. The molecule has 1 aromatic carbocycles. The minimum absolute atomic E-state index is 0.0601. The van der Waals surface area contributed by atoms with E-state index in [-0.39, 0.29) is 13.0 Å². The third-order valence-corrected chi connectivity index (χ3v) is 3.25. The molecule has 0 atom stereocenters. The molecule has 0 aliphatic heterocycles. The lowest BCUT2D eigenvalue weighted by molar-refractivity contribution is -0.137. The Morgan fingerprint density at radius 3 is 2.30 bits per heavy atom. The first-order chi connectivity index (χ1) is 10.5. The van der Waals surface area contributed by atoms with Crippen LogP contribution >= 0.6 is 0 Å². The Morgan fingerprint density at radius 1 is 1.17 bits per heavy atom. The fourth-order valence-electron chi connectivity index (χ4n) is 2.04. The molecule has 0 saturated heterocycles. The molecule has 0 aliphatic rings. The number of ether oxygens (including phenoxy) is 2. The highest BCUT2D eigenvalue weighted by Crippen LogP contribution is 2.31. The highest BCUT2D eigenvalue weighted by molar-refractivity contribution is 5.87. The summed E-state index contributed by atoms with van der Waals surface area (Å²) in [4.78, 5) is 22.5. The van der Waals surface area contributed by atoms with E-state index in [1.807, 2.05) is 20.8 Å². The van der Waals surface area contributed by atoms with E-state index in [1.165, 1.54) is 0 Å². The zero-order valence-corrected chi connectivity index (χ0v) is 14.6. The molecule has 0 aliphatic carbocycles. The lowest BCUT2D eigenvalue weighted by atomic mass is 10.0. The SMILES string of the molecule is Cc1cc(OCCC(=O)O)c(C)c(C)c1NC(=O)OC(C)(C)C. The predicted octanol–water partition coefficient (Wildman–Crippen LogP) is 3.81. The van der Waals surface area contributed by atoms with Gasteiger partial charge in [0.2, 0.25) is 0 Å². The molecule has 0 heterocycles. The van der Waals surface area contributed by atoms with E-state index in [4.69, 9.17) is 14.6 Å². The highest BCUT2D eigenvalue weighted by Gasteiger charge is 2.19. The average molecular weight is 323 g/mol. The second-order valence-corrected chi connectivity index (χ2v) is 6.44. The van der Waals surface area contributed by atoms with Gasteiger partial charge in [0.1, 0.15) is 11.4 Å². The maximum absolute atomic E-state index is 11.9. The zero-order valence-electron chi connectivity index (χ0n) is 14.6. The van der Waals surface area contributed by atoms with Crippen LogP contribution in [0.4, 0.5) is 10.5 Å². The molecule has 128 valence electrons. The summed E-state index contributed by atoms with van der Waals surface area (Å²) in [6.45, 7) is 11.1. The molecule has 23 heavy (non-hydrogen) atoms. The minimum atomic E-state index is -0.903. The summed E-state index contributed by atoms with van der Waals surface area (Å²) in [5.74, 6) is -0.282. The fraction of sp³-hybridized carbons (Fsp3) is 0.529. The van der Waals surface area contributed by atoms with E-state index in [0.717, 1.165) is 16.7 Å². The Hall–Kier alpha value is -2.24. The van der Waals surface area contributed by atoms with Gasteiger partial charge in [0.15, 0.2) is 0 Å². The van der Waals surface area contributed by atoms with E-state index in [1.54, 1.807) is 26.8 Å². The summed E-state index contributed by atoms with van der Waals surface area (Å²) in [6, 6.07) is 1.79. The highest BCUT2D eigenvalue weighted by atomic mass is 16.6. The van der Waals surface area contributed by atoms with Gasteiger partial charge < -0.3 is 14.6 Å². The Labute approximate surface area is 136 Å². The second kappa shape index (κ2) is 7.35. The van der Waals surface area contributed by atoms with Gasteiger partial charge in [-0.25, -0.2) is 4.79 Å². The molecule has 2 N–H and O–H groups in total. The maximum Gasteiger partial charge on any atom is 0.412 e. The van der Waals surface area contributed by atoms with Crippen LogP contribution in [0.25, 0.3) is 0 Å². The third-order valence-electron chi connectivity index (χ3n) is 3.25. The van der Waals surface area contributed by atoms with Crippen molar-refractivity contribution in [3.63, 3.8) is 0 Å². The number of nitrogens with one attached hydrogen (secondary N) is 1. The fourth-order valence-corrected chi connectivity index (χ4v) is 2.04. The molecule has 0 spiro atoms. The van der Waals surface area contributed by atoms with E-state index < -0.39 is 17.7 Å². The van der Waals surface area contributed by atoms with Gasteiger partial charge in [-0.2, -0.15) is 0 Å². The lowest BCUT2D eigenvalue weighted by Gasteiger charge is -2.22. The normalized spacial score (nSPS) is 11.0. The molecule has 1 rings (SSSR count). The summed E-state index contributed by atoms with van der Waals surface area (Å²) < 4.78 is 10.8. The van der Waals surface area contributed by atoms with Crippen LogP contribution in [0.15, 0.2) is 6.07 Å². The van der Waals surface area contributed by atoms with Gasteiger partial charge in [-0.3, -0.25) is 10.1 Å². The monoisotopic (exact) mass is 323 g/mol. The number of hydrogen-bond acceptors (Lipinski definition) is 4. The average Bonchev–Trinajstić information content (AvgIpc) is 2.38. The zero-order chi connectivity index (χ0) is 17.8. The summed E-state index contributed by atoms with van der Waals surface area (Å²) in [5, 5.41) is 11.4. The number of aliphatic carboxylic acids is 1. The first kappa shape index (κ1) is 18.8. The van der Waals surface area contributed by atoms with Crippen LogP contribution in [0.2, 0.25) is 0 Å². The summed E-state index contributed by atoms with van der Waals surface area (Å²) in [5.41, 5.74) is 2.65. The van der Waals surface area contributed by atoms with Crippen LogP contribution in [-0.4, -0.2) is 29.4 Å². The molecule has 0 aromatic heterocycles. The van der Waals surface area contributed by atoms with Crippen molar-refractivity contribution in [2.75, 3.05) is 11.9 Å². The number of hydrogen-bond donors (Lipinski definition) is 2. The number of anilines is 1. The van der Waals surface area contributed by atoms with Gasteiger partial charge in [0.25, 0.3) is 0 Å². The van der Waals surface area contributed by atoms with Gasteiger partial charge >= 0.3 is 12.1 Å². The van der Waals surface area contributed by atoms with Gasteiger partial charge in [0.05, 0.1) is 18.7 Å². The molecule has 0 bridgehead atoms. The van der Waals surface area contributed by atoms with Gasteiger partial charge in [-0.05, 0) is 64.3 Å². The van der Waals surface area contributed by atoms with Crippen molar-refractivity contribution in [1.82, 2.24) is 0 Å². The first-order valence-corrected chi connectivity index (χ1v) is 7.46. The van der Waals surface area contributed by atoms with Crippen LogP contribution in [0, 0.1) is 20.8 Å². The number of carboxylic acid groups (broad SMARTS) is 1. The molecule has 6 nitrogen and oxygen atoms in total. The van der Waals surface area contributed by atoms with Crippen molar-refractivity contribution in [2.24, 2.45) is 0 Å². The van der Waals surface area contributed by atoms with E-state index in [0.29, 0.717) is 11.4 Å². The Morgan fingerprint density at radius 2 is 1.78 bits per heavy atom. The molecular weight excluding hydrogens is 298 g/mol. The van der Waals surface area contributed by atoms with Gasteiger partial charge in [-0.15, -0.1) is 0 Å². The van der Waals surface area contributed by atoms with Gasteiger partial charge in [-0.1, -0.05) is 0 Å². The molecular formula is C17H25NO5. The van der Waals surface area contributed by atoms with Crippen LogP contribution in [-0.2, 0) is 9.53 Å². The smallest absolute Gasteiger partial charge is 0.412 e. The Balaban J connectivity index is 2.93. The number of aryl methyl sites for hydroxylation is 1. The maximum atomic E-state index is 11.9. The molecule has 1 aromatic rings. The third kappa shape index (κ3) is 5.81. The molecule has 1 amide bonds. The second-order valence-electron chi connectivity index (χ2n) is 6.44. The lowest BCUT2D eigenvalue weighted by Crippen LogP contribution is -2.27. The van der Waals surface area contributed by atoms with Crippen molar-refractivity contribution in [1.29, 1.82) is 0 Å². The summed E-state index contributed by atoms with van der Waals surface area (Å²) in [6.07, 6.45) is -0.572. The number of carboxylic acids is 1. The number of rotatable bonds is 5. The van der Waals surface area contributed by atoms with Crippen molar-refractivity contribution < 1.29 is 24.2 Å². The van der Waals surface area contributed by atoms with Crippen LogP contribution in [0.1, 0.15) is 43.9 Å². The van der Waals surface area contributed by atoms with E-state index in [9.17, 15) is 9.59 Å². The van der Waals surface area contributed by atoms with Gasteiger partial charge in [0, 0.05) is 0 Å².